The minimum Gasteiger partial charge on any atom is -0.486 e. The molecule has 0 aliphatic carbocycles. The normalized spacial score (nSPS) is 11.0. The second kappa shape index (κ2) is 6.77. The molecule has 5 N–H and O–H groups in total. The van der Waals surface area contributed by atoms with E-state index in [0.717, 1.165) is 16.8 Å². The number of anilines is 1. The van der Waals surface area contributed by atoms with E-state index < -0.39 is 5.54 Å². The van der Waals surface area contributed by atoms with Crippen molar-refractivity contribution in [3.63, 3.8) is 0 Å². The molecule has 0 fully saturated rings. The van der Waals surface area contributed by atoms with Crippen molar-refractivity contribution < 1.29 is 4.74 Å². The number of para-hydroxylation sites is 1. The van der Waals surface area contributed by atoms with Crippen LogP contribution in [-0.2, 0) is 12.1 Å². The van der Waals surface area contributed by atoms with Crippen LogP contribution in [0.15, 0.2) is 48.5 Å². The van der Waals surface area contributed by atoms with Crippen molar-refractivity contribution >= 4 is 23.0 Å². The van der Waals surface area contributed by atoms with Crippen LogP contribution >= 0.6 is 12.2 Å². The van der Waals surface area contributed by atoms with E-state index in [1.165, 1.54) is 0 Å². The third-order valence-corrected chi connectivity index (χ3v) is 3.30. The maximum Gasteiger partial charge on any atom is 0.168 e. The number of rotatable bonds is 5. The molecule has 0 unspecified atom stereocenters. The van der Waals surface area contributed by atoms with E-state index in [0.29, 0.717) is 12.4 Å². The maximum atomic E-state index is 6.25. The predicted molar refractivity (Wildman–Crippen MR) is 94.8 cm³/mol. The van der Waals surface area contributed by atoms with E-state index in [1.54, 1.807) is 0 Å². The molecule has 0 aliphatic heterocycles. The minimum atomic E-state index is -0.542. The minimum absolute atomic E-state index is 0.191. The van der Waals surface area contributed by atoms with Crippen molar-refractivity contribution in [1.82, 2.24) is 0 Å². The molecule has 5 heteroatoms. The highest BCUT2D eigenvalue weighted by Crippen LogP contribution is 2.35. The summed E-state index contributed by atoms with van der Waals surface area (Å²) >= 11 is 4.93. The molecule has 0 amide bonds. The number of hydrogen-bond acceptors (Lipinski definition) is 3. The lowest BCUT2D eigenvalue weighted by atomic mass is 9.94. The van der Waals surface area contributed by atoms with Gasteiger partial charge in [-0.25, -0.2) is 0 Å². The lowest BCUT2D eigenvalue weighted by Crippen LogP contribution is -2.30. The SMILES string of the molecule is CC(C)(N)c1cccc(NC(N)=S)c1OCc1ccccc1. The van der Waals surface area contributed by atoms with Crippen LogP contribution in [0.1, 0.15) is 25.0 Å². The van der Waals surface area contributed by atoms with Gasteiger partial charge in [-0.2, -0.15) is 0 Å². The van der Waals surface area contributed by atoms with E-state index in [1.807, 2.05) is 62.4 Å². The van der Waals surface area contributed by atoms with Crippen LogP contribution in [0.2, 0.25) is 0 Å². The Morgan fingerprint density at radius 2 is 1.82 bits per heavy atom. The summed E-state index contributed by atoms with van der Waals surface area (Å²) in [5, 5.41) is 3.14. The van der Waals surface area contributed by atoms with Gasteiger partial charge in [0, 0.05) is 11.1 Å². The molecule has 0 saturated carbocycles. The summed E-state index contributed by atoms with van der Waals surface area (Å²) in [6.07, 6.45) is 0. The molecule has 22 heavy (non-hydrogen) atoms. The zero-order valence-corrected chi connectivity index (χ0v) is 13.6. The van der Waals surface area contributed by atoms with Crippen LogP contribution in [-0.4, -0.2) is 5.11 Å². The first-order valence-electron chi connectivity index (χ1n) is 7.03. The van der Waals surface area contributed by atoms with Gasteiger partial charge in [-0.05, 0) is 37.7 Å². The fourth-order valence-corrected chi connectivity index (χ4v) is 2.27. The Morgan fingerprint density at radius 3 is 2.41 bits per heavy atom. The molecule has 116 valence electrons. The third kappa shape index (κ3) is 4.19. The lowest BCUT2D eigenvalue weighted by Gasteiger charge is -2.25. The molecule has 2 aromatic rings. The molecular formula is C17H21N3OS. The van der Waals surface area contributed by atoms with Gasteiger partial charge >= 0.3 is 0 Å². The van der Waals surface area contributed by atoms with Crippen molar-refractivity contribution in [3.8, 4) is 5.75 Å². The van der Waals surface area contributed by atoms with Crippen LogP contribution in [0.3, 0.4) is 0 Å². The molecule has 0 spiro atoms. The van der Waals surface area contributed by atoms with E-state index in [-0.39, 0.29) is 5.11 Å². The van der Waals surface area contributed by atoms with Gasteiger partial charge in [0.25, 0.3) is 0 Å². The van der Waals surface area contributed by atoms with E-state index in [4.69, 9.17) is 28.4 Å². The quantitative estimate of drug-likeness (QED) is 0.739. The van der Waals surface area contributed by atoms with E-state index >= 15 is 0 Å². The average Bonchev–Trinajstić information content (AvgIpc) is 2.45. The molecule has 0 heterocycles. The first-order chi connectivity index (χ1) is 10.4. The zero-order valence-electron chi connectivity index (χ0n) is 12.8. The number of ether oxygens (including phenoxy) is 1. The summed E-state index contributed by atoms with van der Waals surface area (Å²) < 4.78 is 6.02. The Balaban J connectivity index is 2.34. The number of nitrogens with two attached hydrogens (primary N) is 2. The Labute approximate surface area is 136 Å². The van der Waals surface area contributed by atoms with Crippen LogP contribution in [0, 0.1) is 0 Å². The van der Waals surface area contributed by atoms with Crippen LogP contribution in [0.5, 0.6) is 5.75 Å². The molecule has 0 aromatic heterocycles. The number of hydrogen-bond donors (Lipinski definition) is 3. The molecular weight excluding hydrogens is 294 g/mol. The molecule has 2 aromatic carbocycles. The summed E-state index contributed by atoms with van der Waals surface area (Å²) in [6, 6.07) is 15.7. The molecule has 0 atom stereocenters. The lowest BCUT2D eigenvalue weighted by molar-refractivity contribution is 0.298. The van der Waals surface area contributed by atoms with Gasteiger partial charge in [0.15, 0.2) is 5.11 Å². The Hall–Kier alpha value is -2.11. The van der Waals surface area contributed by atoms with Gasteiger partial charge in [-0.15, -0.1) is 0 Å². The van der Waals surface area contributed by atoms with E-state index in [9.17, 15) is 0 Å². The fraction of sp³-hybridized carbons (Fsp3) is 0.235. The fourth-order valence-electron chi connectivity index (χ4n) is 2.16. The Bertz CT molecular complexity index is 651. The first kappa shape index (κ1) is 16.3. The standard InChI is InChI=1S/C17H21N3OS/c1-17(2,19)13-9-6-10-14(20-16(18)22)15(13)21-11-12-7-4-3-5-8-12/h3-10H,11,19H2,1-2H3,(H3,18,20,22). The second-order valence-corrected chi connectivity index (χ2v) is 6.11. The van der Waals surface area contributed by atoms with Gasteiger partial charge in [-0.1, -0.05) is 42.5 Å². The molecule has 0 saturated heterocycles. The second-order valence-electron chi connectivity index (χ2n) is 5.67. The zero-order chi connectivity index (χ0) is 16.2. The Morgan fingerprint density at radius 1 is 1.14 bits per heavy atom. The van der Waals surface area contributed by atoms with Gasteiger partial charge in [-0.3, -0.25) is 0 Å². The summed E-state index contributed by atoms with van der Waals surface area (Å²) in [5.41, 5.74) is 14.0. The third-order valence-electron chi connectivity index (χ3n) is 3.19. The van der Waals surface area contributed by atoms with Gasteiger partial charge in [0.1, 0.15) is 12.4 Å². The smallest absolute Gasteiger partial charge is 0.168 e. The van der Waals surface area contributed by atoms with Gasteiger partial charge in [0.05, 0.1) is 5.69 Å². The summed E-state index contributed by atoms with van der Waals surface area (Å²) in [7, 11) is 0. The highest BCUT2D eigenvalue weighted by molar-refractivity contribution is 7.80. The maximum absolute atomic E-state index is 6.25. The summed E-state index contributed by atoms with van der Waals surface area (Å²) in [4.78, 5) is 0. The van der Waals surface area contributed by atoms with Crippen molar-refractivity contribution in [2.75, 3.05) is 5.32 Å². The highest BCUT2D eigenvalue weighted by atomic mass is 32.1. The van der Waals surface area contributed by atoms with Crippen LogP contribution < -0.4 is 21.5 Å². The molecule has 4 nitrogen and oxygen atoms in total. The summed E-state index contributed by atoms with van der Waals surface area (Å²) in [6.45, 7) is 4.31. The largest absolute Gasteiger partial charge is 0.486 e. The Kier molecular flexibility index (Phi) is 5.00. The average molecular weight is 315 g/mol. The number of nitrogens with one attached hydrogen (secondary N) is 1. The molecule has 2 rings (SSSR count). The monoisotopic (exact) mass is 315 g/mol. The summed E-state index contributed by atoms with van der Waals surface area (Å²) in [5.74, 6) is 0.673. The van der Waals surface area contributed by atoms with Crippen molar-refractivity contribution in [2.24, 2.45) is 11.5 Å². The van der Waals surface area contributed by atoms with Crippen LogP contribution in [0.25, 0.3) is 0 Å². The van der Waals surface area contributed by atoms with Crippen LogP contribution in [0.4, 0.5) is 5.69 Å². The van der Waals surface area contributed by atoms with E-state index in [2.05, 4.69) is 5.32 Å². The topological polar surface area (TPSA) is 73.3 Å². The molecule has 0 aliphatic rings. The van der Waals surface area contributed by atoms with Crippen molar-refractivity contribution in [1.29, 1.82) is 0 Å². The number of thiocarbonyl (C=S) groups is 1. The first-order valence-corrected chi connectivity index (χ1v) is 7.44. The molecule has 0 radical (unpaired) electrons. The van der Waals surface area contributed by atoms with Gasteiger partial charge < -0.3 is 21.5 Å². The predicted octanol–water partition coefficient (Wildman–Crippen LogP) is 3.11. The highest BCUT2D eigenvalue weighted by Gasteiger charge is 2.22. The van der Waals surface area contributed by atoms with Crippen molar-refractivity contribution in [3.05, 3.63) is 59.7 Å². The van der Waals surface area contributed by atoms with Crippen molar-refractivity contribution in [2.45, 2.75) is 26.0 Å². The van der Waals surface area contributed by atoms with Gasteiger partial charge in [0.2, 0.25) is 0 Å². The number of benzene rings is 2. The molecule has 0 bridgehead atoms.